The van der Waals surface area contributed by atoms with Gasteiger partial charge in [0.25, 0.3) is 5.91 Å². The number of thiazole rings is 1. The van der Waals surface area contributed by atoms with Gasteiger partial charge in [0, 0.05) is 15.3 Å². The number of rotatable bonds is 2. The number of fused-ring (bicyclic) bond motifs is 1. The summed E-state index contributed by atoms with van der Waals surface area (Å²) >= 11 is 12.9. The van der Waals surface area contributed by atoms with Crippen molar-refractivity contribution in [1.29, 1.82) is 0 Å². The molecule has 0 fully saturated rings. The van der Waals surface area contributed by atoms with E-state index in [9.17, 15) is 4.79 Å². The van der Waals surface area contributed by atoms with E-state index in [0.29, 0.717) is 15.0 Å². The van der Waals surface area contributed by atoms with Crippen LogP contribution < -0.4 is 5.32 Å². The monoisotopic (exact) mass is 326 g/mol. The van der Waals surface area contributed by atoms with Gasteiger partial charge in [0.15, 0.2) is 5.13 Å². The fraction of sp³-hybridized carbons (Fsp3) is 0. The van der Waals surface area contributed by atoms with Gasteiger partial charge in [0.05, 0.1) is 15.1 Å². The first kappa shape index (κ1) is 12.9. The highest BCUT2D eigenvalue weighted by Crippen LogP contribution is 2.29. The third kappa shape index (κ3) is 2.76. The molecule has 0 aliphatic rings. The van der Waals surface area contributed by atoms with Gasteiger partial charge in [-0.05, 0) is 24.3 Å². The number of carbonyl (C=O) groups is 1. The number of amides is 1. The number of hydrogen-bond acceptors (Lipinski definition) is 5. The normalized spacial score (nSPS) is 10.8. The summed E-state index contributed by atoms with van der Waals surface area (Å²) in [4.78, 5) is 17.7. The summed E-state index contributed by atoms with van der Waals surface area (Å²) in [7, 11) is 0. The average Bonchev–Trinajstić information content (AvgIpc) is 2.94. The molecule has 2 heterocycles. The molecule has 7 heteroatoms. The smallest absolute Gasteiger partial charge is 0.267 e. The predicted octanol–water partition coefficient (Wildman–Crippen LogP) is 4.55. The Kier molecular flexibility index (Phi) is 3.49. The van der Waals surface area contributed by atoms with Gasteiger partial charge in [0.2, 0.25) is 0 Å². The number of carbonyl (C=O) groups excluding carboxylic acids is 1. The van der Waals surface area contributed by atoms with E-state index in [4.69, 9.17) is 11.6 Å². The molecule has 0 radical (unpaired) electrons. The van der Waals surface area contributed by atoms with E-state index in [0.717, 1.165) is 15.1 Å². The SMILES string of the molecule is O=C(Nc1nc2ccc(Cl)cc2s1)c1cc(S)cs1. The zero-order valence-electron chi connectivity index (χ0n) is 9.38. The van der Waals surface area contributed by atoms with E-state index in [1.165, 1.54) is 22.7 Å². The maximum atomic E-state index is 12.0. The molecule has 0 unspecified atom stereocenters. The third-order valence-electron chi connectivity index (χ3n) is 2.38. The molecule has 2 aromatic heterocycles. The van der Waals surface area contributed by atoms with Crippen LogP contribution in [-0.2, 0) is 0 Å². The fourth-order valence-corrected chi connectivity index (χ4v) is 3.74. The van der Waals surface area contributed by atoms with E-state index < -0.39 is 0 Å². The van der Waals surface area contributed by atoms with Gasteiger partial charge in [-0.3, -0.25) is 10.1 Å². The van der Waals surface area contributed by atoms with Crippen molar-refractivity contribution in [3.8, 4) is 0 Å². The highest BCUT2D eigenvalue weighted by molar-refractivity contribution is 7.80. The Morgan fingerprint density at radius 2 is 2.21 bits per heavy atom. The number of benzene rings is 1. The molecule has 0 bridgehead atoms. The number of nitrogens with zero attached hydrogens (tertiary/aromatic N) is 1. The minimum absolute atomic E-state index is 0.171. The number of halogens is 1. The Hall–Kier alpha value is -1.08. The Bertz CT molecular complexity index is 765. The molecule has 0 spiro atoms. The molecule has 96 valence electrons. The lowest BCUT2D eigenvalue weighted by Crippen LogP contribution is -2.09. The third-order valence-corrected chi connectivity index (χ3v) is 4.91. The van der Waals surface area contributed by atoms with Crippen molar-refractivity contribution in [2.24, 2.45) is 0 Å². The van der Waals surface area contributed by atoms with E-state index in [1.54, 1.807) is 12.1 Å². The fourth-order valence-electron chi connectivity index (χ4n) is 1.56. The van der Waals surface area contributed by atoms with Crippen molar-refractivity contribution < 1.29 is 4.79 Å². The molecule has 0 atom stereocenters. The number of thiophene rings is 1. The summed E-state index contributed by atoms with van der Waals surface area (Å²) in [6.07, 6.45) is 0. The molecule has 3 aromatic rings. The molecular weight excluding hydrogens is 320 g/mol. The molecule has 3 rings (SSSR count). The van der Waals surface area contributed by atoms with Gasteiger partial charge < -0.3 is 0 Å². The van der Waals surface area contributed by atoms with Crippen LogP contribution in [0.3, 0.4) is 0 Å². The lowest BCUT2D eigenvalue weighted by atomic mass is 10.3. The van der Waals surface area contributed by atoms with Crippen LogP contribution in [-0.4, -0.2) is 10.9 Å². The first-order chi connectivity index (χ1) is 9.11. The van der Waals surface area contributed by atoms with Gasteiger partial charge in [0.1, 0.15) is 0 Å². The Morgan fingerprint density at radius 3 is 2.95 bits per heavy atom. The second kappa shape index (κ2) is 5.13. The molecule has 0 aliphatic carbocycles. The van der Waals surface area contributed by atoms with Gasteiger partial charge >= 0.3 is 0 Å². The van der Waals surface area contributed by atoms with Crippen LogP contribution in [0, 0.1) is 0 Å². The van der Waals surface area contributed by atoms with E-state index in [1.807, 2.05) is 17.5 Å². The van der Waals surface area contributed by atoms with Crippen molar-refractivity contribution in [2.45, 2.75) is 4.90 Å². The van der Waals surface area contributed by atoms with Crippen molar-refractivity contribution in [3.05, 3.63) is 39.5 Å². The number of aromatic nitrogens is 1. The van der Waals surface area contributed by atoms with Gasteiger partial charge in [-0.15, -0.1) is 24.0 Å². The van der Waals surface area contributed by atoms with Crippen molar-refractivity contribution in [2.75, 3.05) is 5.32 Å². The quantitative estimate of drug-likeness (QED) is 0.678. The minimum atomic E-state index is -0.171. The number of anilines is 1. The van der Waals surface area contributed by atoms with E-state index in [2.05, 4.69) is 22.9 Å². The zero-order chi connectivity index (χ0) is 13.4. The molecule has 1 N–H and O–H groups in total. The zero-order valence-corrected chi connectivity index (χ0v) is 12.7. The topological polar surface area (TPSA) is 42.0 Å². The van der Waals surface area contributed by atoms with Crippen molar-refractivity contribution >= 4 is 68.2 Å². The maximum absolute atomic E-state index is 12.0. The summed E-state index contributed by atoms with van der Waals surface area (Å²) in [6.45, 7) is 0. The van der Waals surface area contributed by atoms with Crippen LogP contribution in [0.1, 0.15) is 9.67 Å². The van der Waals surface area contributed by atoms with Crippen LogP contribution in [0.15, 0.2) is 34.5 Å². The van der Waals surface area contributed by atoms with Crippen LogP contribution in [0.4, 0.5) is 5.13 Å². The molecule has 19 heavy (non-hydrogen) atoms. The summed E-state index contributed by atoms with van der Waals surface area (Å²) in [6, 6.07) is 7.18. The Labute approximate surface area is 127 Å². The Morgan fingerprint density at radius 1 is 1.37 bits per heavy atom. The largest absolute Gasteiger partial charge is 0.297 e. The average molecular weight is 327 g/mol. The molecule has 0 aliphatic heterocycles. The molecular formula is C12H7ClN2OS3. The van der Waals surface area contributed by atoms with Gasteiger partial charge in [-0.2, -0.15) is 0 Å². The predicted molar refractivity (Wildman–Crippen MR) is 84.2 cm³/mol. The highest BCUT2D eigenvalue weighted by atomic mass is 35.5. The second-order valence-electron chi connectivity index (χ2n) is 3.75. The number of thiol groups is 1. The number of hydrogen-bond donors (Lipinski definition) is 2. The van der Waals surface area contributed by atoms with Crippen LogP contribution in [0.25, 0.3) is 10.2 Å². The summed E-state index contributed by atoms with van der Waals surface area (Å²) in [5.74, 6) is -0.171. The summed E-state index contributed by atoms with van der Waals surface area (Å²) in [5, 5.41) is 5.82. The molecule has 0 saturated carbocycles. The van der Waals surface area contributed by atoms with Crippen LogP contribution >= 0.6 is 46.9 Å². The minimum Gasteiger partial charge on any atom is -0.297 e. The standard InChI is InChI=1S/C12H7ClN2OS3/c13-6-1-2-8-9(3-6)19-12(14-8)15-11(16)10-4-7(17)5-18-10/h1-5,17H,(H,14,15,16). The first-order valence-corrected chi connectivity index (χ1v) is 7.79. The molecule has 3 nitrogen and oxygen atoms in total. The summed E-state index contributed by atoms with van der Waals surface area (Å²) < 4.78 is 0.948. The Balaban J connectivity index is 1.87. The lowest BCUT2D eigenvalue weighted by Gasteiger charge is -1.96. The summed E-state index contributed by atoms with van der Waals surface area (Å²) in [5.41, 5.74) is 0.825. The van der Waals surface area contributed by atoms with Gasteiger partial charge in [-0.1, -0.05) is 22.9 Å². The maximum Gasteiger partial charge on any atom is 0.267 e. The van der Waals surface area contributed by atoms with Crippen LogP contribution in [0.2, 0.25) is 5.02 Å². The highest BCUT2D eigenvalue weighted by Gasteiger charge is 2.11. The van der Waals surface area contributed by atoms with Crippen LogP contribution in [0.5, 0.6) is 0 Å². The molecule has 0 saturated heterocycles. The van der Waals surface area contributed by atoms with E-state index >= 15 is 0 Å². The first-order valence-electron chi connectivity index (χ1n) is 5.27. The van der Waals surface area contributed by atoms with E-state index in [-0.39, 0.29) is 5.91 Å². The molecule has 1 amide bonds. The molecule has 1 aromatic carbocycles. The second-order valence-corrected chi connectivity index (χ2v) is 6.65. The van der Waals surface area contributed by atoms with Crippen molar-refractivity contribution in [3.63, 3.8) is 0 Å². The number of nitrogens with one attached hydrogen (secondary N) is 1. The van der Waals surface area contributed by atoms with Crippen molar-refractivity contribution in [1.82, 2.24) is 4.98 Å². The van der Waals surface area contributed by atoms with Gasteiger partial charge in [-0.25, -0.2) is 4.98 Å². The lowest BCUT2D eigenvalue weighted by molar-refractivity contribution is 0.103.